The van der Waals surface area contributed by atoms with E-state index in [9.17, 15) is 9.82 Å². The predicted octanol–water partition coefficient (Wildman–Crippen LogP) is 4.56. The molecule has 0 saturated heterocycles. The molecule has 1 saturated carbocycles. The number of carbonyl (C=O) groups excluding carboxylic acids is 1. The second-order valence-electron chi connectivity index (χ2n) is 8.52. The summed E-state index contributed by atoms with van der Waals surface area (Å²) in [5.74, 6) is 1.32. The Hall–Kier alpha value is -3.05. The molecule has 3 aromatic rings. The van der Waals surface area contributed by atoms with Gasteiger partial charge in [0.1, 0.15) is 5.75 Å². The summed E-state index contributed by atoms with van der Waals surface area (Å²) in [6.45, 7) is 0.480. The molecule has 1 aliphatic carbocycles. The third kappa shape index (κ3) is 5.22. The molecule has 4 rings (SSSR count). The number of methoxy groups -OCH3 is 1. The summed E-state index contributed by atoms with van der Waals surface area (Å²) in [7, 11) is 1.60. The van der Waals surface area contributed by atoms with E-state index in [0.717, 1.165) is 22.5 Å². The zero-order valence-electron chi connectivity index (χ0n) is 18.7. The fourth-order valence-electron chi connectivity index (χ4n) is 4.46. The van der Waals surface area contributed by atoms with Crippen molar-refractivity contribution in [3.8, 4) is 5.75 Å². The maximum Gasteiger partial charge on any atom is 0.304 e. The highest BCUT2D eigenvalue weighted by molar-refractivity contribution is 6.45. The fraction of sp³-hybridized carbons (Fsp3) is 0.296. The van der Waals surface area contributed by atoms with Crippen LogP contribution in [0.25, 0.3) is 0 Å². The Morgan fingerprint density at radius 1 is 0.938 bits per heavy atom. The van der Waals surface area contributed by atoms with Gasteiger partial charge in [-0.1, -0.05) is 61.1 Å². The van der Waals surface area contributed by atoms with Crippen LogP contribution in [0.15, 0.2) is 72.8 Å². The lowest BCUT2D eigenvalue weighted by atomic mass is 9.84. The van der Waals surface area contributed by atoms with Crippen molar-refractivity contribution in [3.05, 3.63) is 89.5 Å². The van der Waals surface area contributed by atoms with Crippen LogP contribution in [-0.4, -0.2) is 25.5 Å². The molecule has 0 unspecified atom stereocenters. The van der Waals surface area contributed by atoms with Gasteiger partial charge in [-0.05, 0) is 66.3 Å². The number of nitrogens with zero attached hydrogens (tertiary/aromatic N) is 1. The second-order valence-corrected chi connectivity index (χ2v) is 8.52. The minimum absolute atomic E-state index is 0.0185. The van der Waals surface area contributed by atoms with Crippen molar-refractivity contribution in [2.45, 2.75) is 44.6 Å². The van der Waals surface area contributed by atoms with Crippen LogP contribution >= 0.6 is 0 Å². The Bertz CT molecular complexity index is 1010. The largest absolute Gasteiger partial charge is 0.497 e. The Morgan fingerprint density at radius 3 is 2.19 bits per heavy atom. The van der Waals surface area contributed by atoms with Crippen molar-refractivity contribution in [2.24, 2.45) is 0 Å². The first-order chi connectivity index (χ1) is 15.7. The van der Waals surface area contributed by atoms with Gasteiger partial charge in [-0.3, -0.25) is 4.79 Å². The van der Waals surface area contributed by atoms with Gasteiger partial charge in [-0.25, -0.2) is 0 Å². The molecule has 1 amide bonds. The topological polar surface area (TPSA) is 49.8 Å². The lowest BCUT2D eigenvalue weighted by Gasteiger charge is -2.25. The van der Waals surface area contributed by atoms with E-state index in [1.807, 2.05) is 24.3 Å². The van der Waals surface area contributed by atoms with E-state index in [0.29, 0.717) is 18.0 Å². The van der Waals surface area contributed by atoms with Crippen molar-refractivity contribution in [3.63, 3.8) is 0 Å². The van der Waals surface area contributed by atoms with Gasteiger partial charge in [-0.2, -0.15) is 0 Å². The van der Waals surface area contributed by atoms with E-state index in [1.54, 1.807) is 36.3 Å². The van der Waals surface area contributed by atoms with Crippen LogP contribution in [0, 0.1) is 0 Å². The van der Waals surface area contributed by atoms with Crippen molar-refractivity contribution in [1.82, 2.24) is 0 Å². The van der Waals surface area contributed by atoms with Gasteiger partial charge in [0.05, 0.1) is 13.7 Å². The number of rotatable bonds is 7. The Morgan fingerprint density at radius 2 is 1.59 bits per heavy atom. The molecule has 5 heteroatoms. The van der Waals surface area contributed by atoms with E-state index >= 15 is 0 Å². The fourth-order valence-corrected chi connectivity index (χ4v) is 4.46. The highest BCUT2D eigenvalue weighted by atomic mass is 16.5. The first-order valence-corrected chi connectivity index (χ1v) is 11.4. The smallest absolute Gasteiger partial charge is 0.304 e. The minimum atomic E-state index is -0.0687. The van der Waals surface area contributed by atoms with Crippen LogP contribution in [0.5, 0.6) is 5.75 Å². The first kappa shape index (κ1) is 22.2. The molecule has 0 aliphatic heterocycles. The number of carbonyl (C=O) groups is 1. The average Bonchev–Trinajstić information content (AvgIpc) is 2.88. The predicted molar refractivity (Wildman–Crippen MR) is 131 cm³/mol. The SMILES string of the molecule is COc1ccc(C(=O)N(Cc2ccc(C3CCCCC3)cc2)c2ccc(BO)cc2)cc1. The van der Waals surface area contributed by atoms with E-state index in [-0.39, 0.29) is 13.4 Å². The lowest BCUT2D eigenvalue weighted by molar-refractivity contribution is 0.0985. The maximum absolute atomic E-state index is 13.5. The summed E-state index contributed by atoms with van der Waals surface area (Å²) >= 11 is 0. The molecular formula is C27H30BNO3. The van der Waals surface area contributed by atoms with E-state index in [1.165, 1.54) is 37.7 Å². The van der Waals surface area contributed by atoms with E-state index in [4.69, 9.17) is 4.74 Å². The molecule has 0 atom stereocenters. The van der Waals surface area contributed by atoms with E-state index in [2.05, 4.69) is 24.3 Å². The third-order valence-corrected chi connectivity index (χ3v) is 6.41. The highest BCUT2D eigenvalue weighted by Gasteiger charge is 2.20. The normalized spacial score (nSPS) is 14.1. The molecule has 0 aromatic heterocycles. The van der Waals surface area contributed by atoms with Gasteiger partial charge < -0.3 is 14.7 Å². The Balaban J connectivity index is 1.58. The molecule has 164 valence electrons. The molecule has 1 fully saturated rings. The molecular weight excluding hydrogens is 397 g/mol. The molecule has 0 spiro atoms. The Kier molecular flexibility index (Phi) is 7.28. The van der Waals surface area contributed by atoms with Gasteiger partial charge in [0, 0.05) is 11.3 Å². The minimum Gasteiger partial charge on any atom is -0.497 e. The summed E-state index contributed by atoms with van der Waals surface area (Å²) in [5, 5.41) is 9.38. The van der Waals surface area contributed by atoms with Crippen LogP contribution in [0.3, 0.4) is 0 Å². The van der Waals surface area contributed by atoms with Crippen LogP contribution < -0.4 is 15.1 Å². The molecule has 0 heterocycles. The molecule has 1 N–H and O–H groups in total. The molecule has 0 bridgehead atoms. The number of hydrogen-bond acceptors (Lipinski definition) is 3. The molecule has 3 aromatic carbocycles. The molecule has 1 aliphatic rings. The van der Waals surface area contributed by atoms with Crippen LogP contribution in [0.2, 0.25) is 0 Å². The summed E-state index contributed by atoms with van der Waals surface area (Å²) in [4.78, 5) is 15.2. The monoisotopic (exact) mass is 427 g/mol. The molecule has 4 nitrogen and oxygen atoms in total. The van der Waals surface area contributed by atoms with Gasteiger partial charge in [0.25, 0.3) is 5.91 Å². The van der Waals surface area contributed by atoms with Crippen LogP contribution in [0.1, 0.15) is 59.5 Å². The number of anilines is 1. The number of amides is 1. The van der Waals surface area contributed by atoms with Crippen LogP contribution in [-0.2, 0) is 6.54 Å². The van der Waals surface area contributed by atoms with Gasteiger partial charge in [0.2, 0.25) is 0 Å². The number of hydrogen-bond donors (Lipinski definition) is 1. The standard InChI is InChI=1S/C27H30BNO3/c1-32-26-17-11-23(12-18-26)27(30)29(25-15-13-24(28-31)14-16-25)19-20-7-9-22(10-8-20)21-5-3-2-4-6-21/h7-18,21,28,31H,2-6,19H2,1H3. The average molecular weight is 427 g/mol. The summed E-state index contributed by atoms with van der Waals surface area (Å²) in [6, 6.07) is 23.5. The lowest BCUT2D eigenvalue weighted by Crippen LogP contribution is -2.30. The molecule has 0 radical (unpaired) electrons. The summed E-state index contributed by atoms with van der Waals surface area (Å²) < 4.78 is 5.23. The Labute approximate surface area is 191 Å². The van der Waals surface area contributed by atoms with Crippen molar-refractivity contribution < 1.29 is 14.6 Å². The second kappa shape index (κ2) is 10.5. The van der Waals surface area contributed by atoms with Gasteiger partial charge in [-0.15, -0.1) is 0 Å². The zero-order chi connectivity index (χ0) is 22.3. The molecule has 32 heavy (non-hydrogen) atoms. The highest BCUT2D eigenvalue weighted by Crippen LogP contribution is 2.33. The summed E-state index contributed by atoms with van der Waals surface area (Å²) in [6.07, 6.45) is 6.55. The maximum atomic E-state index is 13.5. The quantitative estimate of drug-likeness (QED) is 0.563. The van der Waals surface area contributed by atoms with E-state index < -0.39 is 0 Å². The van der Waals surface area contributed by atoms with Gasteiger partial charge in [0.15, 0.2) is 0 Å². The van der Waals surface area contributed by atoms with Crippen molar-refractivity contribution >= 4 is 24.5 Å². The van der Waals surface area contributed by atoms with Crippen LogP contribution in [0.4, 0.5) is 5.69 Å². The summed E-state index contributed by atoms with van der Waals surface area (Å²) in [5.41, 5.74) is 4.74. The number of ether oxygens (including phenoxy) is 1. The van der Waals surface area contributed by atoms with Crippen molar-refractivity contribution in [2.75, 3.05) is 12.0 Å². The number of benzene rings is 3. The van der Waals surface area contributed by atoms with Gasteiger partial charge >= 0.3 is 7.48 Å². The van der Waals surface area contributed by atoms with Crippen molar-refractivity contribution in [1.29, 1.82) is 0 Å². The first-order valence-electron chi connectivity index (χ1n) is 11.4. The third-order valence-electron chi connectivity index (χ3n) is 6.41. The zero-order valence-corrected chi connectivity index (χ0v) is 18.7.